The maximum Gasteiger partial charge on any atom is 0.248 e. The SMILES string of the molecule is CCOc1nc(NCc2ccc(F)cc2)nc2ccc(-c3cccc(C(N)=O)c3)nc12. The summed E-state index contributed by atoms with van der Waals surface area (Å²) >= 11 is 0. The van der Waals surface area contributed by atoms with Gasteiger partial charge in [0.15, 0.2) is 5.52 Å². The Morgan fingerprint density at radius 1 is 1.06 bits per heavy atom. The fourth-order valence-electron chi connectivity index (χ4n) is 3.08. The van der Waals surface area contributed by atoms with Crippen LogP contribution in [0.15, 0.2) is 60.7 Å². The van der Waals surface area contributed by atoms with Crippen LogP contribution in [0.1, 0.15) is 22.8 Å². The Hall–Kier alpha value is -4.07. The molecule has 0 atom stereocenters. The highest BCUT2D eigenvalue weighted by molar-refractivity contribution is 5.94. The predicted octanol–water partition coefficient (Wildman–Crippen LogP) is 3.94. The van der Waals surface area contributed by atoms with E-state index < -0.39 is 5.91 Å². The van der Waals surface area contributed by atoms with Crippen molar-refractivity contribution in [1.82, 2.24) is 15.0 Å². The normalized spacial score (nSPS) is 10.8. The zero-order valence-electron chi connectivity index (χ0n) is 16.8. The van der Waals surface area contributed by atoms with Crippen LogP contribution in [0.2, 0.25) is 0 Å². The van der Waals surface area contributed by atoms with Crippen molar-refractivity contribution in [3.05, 3.63) is 77.6 Å². The molecule has 0 bridgehead atoms. The van der Waals surface area contributed by atoms with E-state index in [-0.39, 0.29) is 5.82 Å². The van der Waals surface area contributed by atoms with E-state index in [9.17, 15) is 9.18 Å². The van der Waals surface area contributed by atoms with Crippen LogP contribution in [-0.2, 0) is 6.54 Å². The number of anilines is 1. The number of nitrogens with one attached hydrogen (secondary N) is 1. The van der Waals surface area contributed by atoms with Gasteiger partial charge in [0.1, 0.15) is 5.82 Å². The molecular weight excluding hydrogens is 397 g/mol. The standard InChI is InChI=1S/C23H20FN5O2/c1-2-31-22-20-19(28-23(29-22)26-13-14-6-8-17(24)9-7-14)11-10-18(27-20)15-4-3-5-16(12-15)21(25)30/h3-12H,2,13H2,1H3,(H2,25,30)(H,26,28,29). The average molecular weight is 417 g/mol. The van der Waals surface area contributed by atoms with Crippen molar-refractivity contribution >= 4 is 22.9 Å². The lowest BCUT2D eigenvalue weighted by atomic mass is 10.1. The third kappa shape index (κ3) is 4.58. The van der Waals surface area contributed by atoms with Gasteiger partial charge in [0.2, 0.25) is 17.7 Å². The van der Waals surface area contributed by atoms with Crippen LogP contribution in [-0.4, -0.2) is 27.5 Å². The Morgan fingerprint density at radius 2 is 1.87 bits per heavy atom. The van der Waals surface area contributed by atoms with Crippen LogP contribution in [0.25, 0.3) is 22.3 Å². The molecule has 1 amide bonds. The largest absolute Gasteiger partial charge is 0.476 e. The summed E-state index contributed by atoms with van der Waals surface area (Å²) in [5.41, 5.74) is 9.19. The number of rotatable bonds is 7. The van der Waals surface area contributed by atoms with Crippen molar-refractivity contribution in [3.8, 4) is 17.1 Å². The first-order valence-electron chi connectivity index (χ1n) is 9.73. The molecular formula is C23H20FN5O2. The predicted molar refractivity (Wildman–Crippen MR) is 116 cm³/mol. The van der Waals surface area contributed by atoms with Crippen LogP contribution >= 0.6 is 0 Å². The summed E-state index contributed by atoms with van der Waals surface area (Å²) in [6.07, 6.45) is 0. The maximum absolute atomic E-state index is 13.1. The summed E-state index contributed by atoms with van der Waals surface area (Å²) in [5, 5.41) is 3.13. The highest BCUT2D eigenvalue weighted by Gasteiger charge is 2.13. The zero-order valence-corrected chi connectivity index (χ0v) is 16.8. The number of nitrogens with two attached hydrogens (primary N) is 1. The van der Waals surface area contributed by atoms with Crippen LogP contribution in [0, 0.1) is 5.82 Å². The van der Waals surface area contributed by atoms with Crippen LogP contribution in [0.4, 0.5) is 10.3 Å². The van der Waals surface area contributed by atoms with Crippen molar-refractivity contribution in [2.24, 2.45) is 5.73 Å². The second kappa shape index (κ2) is 8.74. The van der Waals surface area contributed by atoms with Gasteiger partial charge in [-0.15, -0.1) is 0 Å². The molecule has 8 heteroatoms. The van der Waals surface area contributed by atoms with Crippen LogP contribution in [0.5, 0.6) is 5.88 Å². The summed E-state index contributed by atoms with van der Waals surface area (Å²) in [6, 6.07) is 16.8. The first-order chi connectivity index (χ1) is 15.0. The number of primary amides is 1. The molecule has 156 valence electrons. The van der Waals surface area contributed by atoms with Gasteiger partial charge in [0, 0.05) is 17.7 Å². The molecule has 0 aliphatic heterocycles. The Morgan fingerprint density at radius 3 is 2.61 bits per heavy atom. The molecule has 7 nitrogen and oxygen atoms in total. The lowest BCUT2D eigenvalue weighted by molar-refractivity contribution is 0.100. The Kier molecular flexibility index (Phi) is 5.70. The van der Waals surface area contributed by atoms with Gasteiger partial charge in [-0.25, -0.2) is 14.4 Å². The number of carbonyl (C=O) groups excluding carboxylic acids is 1. The summed E-state index contributed by atoms with van der Waals surface area (Å²) in [5.74, 6) is -0.0574. The van der Waals surface area contributed by atoms with Gasteiger partial charge in [0.25, 0.3) is 0 Å². The minimum Gasteiger partial charge on any atom is -0.476 e. The number of pyridine rings is 1. The number of carbonyl (C=O) groups is 1. The zero-order chi connectivity index (χ0) is 21.8. The summed E-state index contributed by atoms with van der Waals surface area (Å²) < 4.78 is 18.8. The van der Waals surface area contributed by atoms with E-state index in [0.717, 1.165) is 11.1 Å². The molecule has 0 unspecified atom stereocenters. The molecule has 0 aliphatic carbocycles. The van der Waals surface area contributed by atoms with Gasteiger partial charge in [-0.05, 0) is 48.9 Å². The fraction of sp³-hybridized carbons (Fsp3) is 0.130. The number of amides is 1. The van der Waals surface area contributed by atoms with Gasteiger partial charge in [0.05, 0.1) is 17.8 Å². The smallest absolute Gasteiger partial charge is 0.248 e. The van der Waals surface area contributed by atoms with Gasteiger partial charge in [-0.3, -0.25) is 4.79 Å². The maximum atomic E-state index is 13.1. The van der Waals surface area contributed by atoms with Crippen molar-refractivity contribution in [1.29, 1.82) is 0 Å². The minimum absolute atomic E-state index is 0.285. The van der Waals surface area contributed by atoms with Crippen molar-refractivity contribution in [2.75, 3.05) is 11.9 Å². The molecule has 4 rings (SSSR count). The molecule has 0 fully saturated rings. The van der Waals surface area contributed by atoms with E-state index in [1.54, 1.807) is 30.3 Å². The number of benzene rings is 2. The molecule has 31 heavy (non-hydrogen) atoms. The van der Waals surface area contributed by atoms with E-state index in [2.05, 4.69) is 20.3 Å². The number of hydrogen-bond acceptors (Lipinski definition) is 6. The number of ether oxygens (including phenoxy) is 1. The first-order valence-corrected chi connectivity index (χ1v) is 9.73. The Labute approximate surface area is 178 Å². The summed E-state index contributed by atoms with van der Waals surface area (Å²) in [7, 11) is 0. The molecule has 2 aromatic carbocycles. The van der Waals surface area contributed by atoms with Gasteiger partial charge < -0.3 is 15.8 Å². The number of fused-ring (bicyclic) bond motifs is 1. The van der Waals surface area contributed by atoms with Crippen LogP contribution < -0.4 is 15.8 Å². The van der Waals surface area contributed by atoms with E-state index in [4.69, 9.17) is 10.5 Å². The fourth-order valence-corrected chi connectivity index (χ4v) is 3.08. The molecule has 2 heterocycles. The second-order valence-electron chi connectivity index (χ2n) is 6.77. The van der Waals surface area contributed by atoms with Crippen molar-refractivity contribution in [2.45, 2.75) is 13.5 Å². The van der Waals surface area contributed by atoms with E-state index >= 15 is 0 Å². The van der Waals surface area contributed by atoms with Crippen LogP contribution in [0.3, 0.4) is 0 Å². The first kappa shape index (κ1) is 20.2. The van der Waals surface area contributed by atoms with Crippen molar-refractivity contribution < 1.29 is 13.9 Å². The molecule has 2 aromatic heterocycles. The lowest BCUT2D eigenvalue weighted by Gasteiger charge is -2.11. The van der Waals surface area contributed by atoms with E-state index in [0.29, 0.717) is 47.3 Å². The van der Waals surface area contributed by atoms with Gasteiger partial charge >= 0.3 is 0 Å². The molecule has 0 saturated carbocycles. The minimum atomic E-state index is -0.502. The van der Waals surface area contributed by atoms with Crippen molar-refractivity contribution in [3.63, 3.8) is 0 Å². The van der Waals surface area contributed by atoms with E-state index in [1.807, 2.05) is 25.1 Å². The third-order valence-corrected chi connectivity index (χ3v) is 4.60. The number of halogens is 1. The molecule has 0 aliphatic rings. The average Bonchev–Trinajstić information content (AvgIpc) is 2.79. The monoisotopic (exact) mass is 417 g/mol. The van der Waals surface area contributed by atoms with E-state index in [1.165, 1.54) is 12.1 Å². The number of aromatic nitrogens is 3. The third-order valence-electron chi connectivity index (χ3n) is 4.60. The molecule has 0 saturated heterocycles. The Balaban J connectivity index is 1.67. The highest BCUT2D eigenvalue weighted by Crippen LogP contribution is 2.27. The highest BCUT2D eigenvalue weighted by atomic mass is 19.1. The topological polar surface area (TPSA) is 103 Å². The molecule has 0 spiro atoms. The molecule has 3 N–H and O–H groups in total. The Bertz CT molecular complexity index is 1240. The van der Waals surface area contributed by atoms with Gasteiger partial charge in [-0.1, -0.05) is 24.3 Å². The van der Waals surface area contributed by atoms with Gasteiger partial charge in [-0.2, -0.15) is 4.98 Å². The number of hydrogen-bond donors (Lipinski definition) is 2. The summed E-state index contributed by atoms with van der Waals surface area (Å²) in [4.78, 5) is 25.1. The molecule has 0 radical (unpaired) electrons. The second-order valence-corrected chi connectivity index (χ2v) is 6.77. The quantitative estimate of drug-likeness (QED) is 0.472. The lowest BCUT2D eigenvalue weighted by Crippen LogP contribution is -2.10. The molecule has 4 aromatic rings. The summed E-state index contributed by atoms with van der Waals surface area (Å²) in [6.45, 7) is 2.70. The number of nitrogens with zero attached hydrogens (tertiary/aromatic N) is 3.